The molecule has 17 heavy (non-hydrogen) atoms. The molecule has 0 saturated carbocycles. The fraction of sp³-hybridized carbons (Fsp3) is 0.500. The Balaban J connectivity index is 2.24. The van der Waals surface area contributed by atoms with Crippen LogP contribution in [0.15, 0.2) is 18.2 Å². The summed E-state index contributed by atoms with van der Waals surface area (Å²) in [5.41, 5.74) is 7.73. The molecule has 1 aliphatic heterocycles. The monoisotopic (exact) mass is 256 g/mol. The lowest BCUT2D eigenvalue weighted by atomic mass is 10.1. The molecule has 2 rings (SSSR count). The number of morpholine rings is 1. The van der Waals surface area contributed by atoms with Gasteiger partial charge in [0.05, 0.1) is 19.3 Å². The van der Waals surface area contributed by atoms with E-state index >= 15 is 0 Å². The standard InChI is InChI=1S/C12H17ClN2O2/c13-11-2-1-3-12(10(11)6-14)15-4-5-17-9(7-15)8-16/h1-3,9,16H,4-8,14H2. The van der Waals surface area contributed by atoms with Gasteiger partial charge >= 0.3 is 0 Å². The largest absolute Gasteiger partial charge is 0.394 e. The number of halogens is 1. The van der Waals surface area contributed by atoms with Crippen molar-refractivity contribution < 1.29 is 9.84 Å². The molecule has 1 fully saturated rings. The summed E-state index contributed by atoms with van der Waals surface area (Å²) in [6.07, 6.45) is -0.131. The summed E-state index contributed by atoms with van der Waals surface area (Å²) in [5, 5.41) is 9.83. The second-order valence-corrected chi connectivity index (χ2v) is 4.47. The fourth-order valence-corrected chi connectivity index (χ4v) is 2.34. The van der Waals surface area contributed by atoms with Crippen LogP contribution in [0.5, 0.6) is 0 Å². The fourth-order valence-electron chi connectivity index (χ4n) is 2.09. The lowest BCUT2D eigenvalue weighted by Gasteiger charge is -2.35. The third kappa shape index (κ3) is 2.72. The second-order valence-electron chi connectivity index (χ2n) is 4.06. The van der Waals surface area contributed by atoms with E-state index in [1.54, 1.807) is 0 Å². The first-order chi connectivity index (χ1) is 8.26. The van der Waals surface area contributed by atoms with Gasteiger partial charge in [0.25, 0.3) is 0 Å². The van der Waals surface area contributed by atoms with Gasteiger partial charge in [-0.25, -0.2) is 0 Å². The second kappa shape index (κ2) is 5.69. The minimum atomic E-state index is -0.131. The Morgan fingerprint density at radius 3 is 3.06 bits per heavy atom. The molecule has 1 aromatic carbocycles. The van der Waals surface area contributed by atoms with Crippen LogP contribution in [0.2, 0.25) is 5.02 Å². The summed E-state index contributed by atoms with van der Waals surface area (Å²) in [5.74, 6) is 0. The summed E-state index contributed by atoms with van der Waals surface area (Å²) in [6.45, 7) is 2.53. The predicted molar refractivity (Wildman–Crippen MR) is 68.4 cm³/mol. The van der Waals surface area contributed by atoms with Crippen molar-refractivity contribution in [3.05, 3.63) is 28.8 Å². The molecule has 0 radical (unpaired) electrons. The van der Waals surface area contributed by atoms with E-state index in [9.17, 15) is 0 Å². The molecule has 0 amide bonds. The molecular weight excluding hydrogens is 240 g/mol. The van der Waals surface area contributed by atoms with Crippen molar-refractivity contribution in [2.24, 2.45) is 5.73 Å². The van der Waals surface area contributed by atoms with Crippen LogP contribution in [0.1, 0.15) is 5.56 Å². The van der Waals surface area contributed by atoms with E-state index in [4.69, 9.17) is 27.2 Å². The van der Waals surface area contributed by atoms with Crippen molar-refractivity contribution in [1.29, 1.82) is 0 Å². The Bertz CT molecular complexity index is 387. The van der Waals surface area contributed by atoms with Gasteiger partial charge in [0.15, 0.2) is 0 Å². The first kappa shape index (κ1) is 12.6. The van der Waals surface area contributed by atoms with Gasteiger partial charge in [0, 0.05) is 35.9 Å². The molecule has 0 bridgehead atoms. The number of rotatable bonds is 3. The van der Waals surface area contributed by atoms with E-state index in [0.29, 0.717) is 24.7 Å². The van der Waals surface area contributed by atoms with Crippen molar-refractivity contribution in [3.8, 4) is 0 Å². The Morgan fingerprint density at radius 2 is 2.35 bits per heavy atom. The molecule has 0 spiro atoms. The maximum absolute atomic E-state index is 9.13. The van der Waals surface area contributed by atoms with E-state index in [1.165, 1.54) is 0 Å². The highest BCUT2D eigenvalue weighted by Crippen LogP contribution is 2.28. The average molecular weight is 257 g/mol. The molecular formula is C12H17ClN2O2. The van der Waals surface area contributed by atoms with Crippen molar-refractivity contribution >= 4 is 17.3 Å². The van der Waals surface area contributed by atoms with Crippen LogP contribution >= 0.6 is 11.6 Å². The van der Waals surface area contributed by atoms with E-state index in [1.807, 2.05) is 18.2 Å². The van der Waals surface area contributed by atoms with Gasteiger partial charge in [0.1, 0.15) is 0 Å². The Labute approximate surface area is 106 Å². The maximum Gasteiger partial charge on any atom is 0.0980 e. The summed E-state index contributed by atoms with van der Waals surface area (Å²) in [7, 11) is 0. The number of nitrogens with two attached hydrogens (primary N) is 1. The first-order valence-corrected chi connectivity index (χ1v) is 6.09. The smallest absolute Gasteiger partial charge is 0.0980 e. The predicted octanol–water partition coefficient (Wildman–Crippen LogP) is 0.996. The number of aliphatic hydroxyl groups excluding tert-OH is 1. The van der Waals surface area contributed by atoms with Crippen LogP contribution < -0.4 is 10.6 Å². The van der Waals surface area contributed by atoms with Gasteiger partial charge in [-0.2, -0.15) is 0 Å². The van der Waals surface area contributed by atoms with Crippen LogP contribution in [0, 0.1) is 0 Å². The zero-order valence-electron chi connectivity index (χ0n) is 9.60. The van der Waals surface area contributed by atoms with Crippen molar-refractivity contribution in [2.75, 3.05) is 31.2 Å². The average Bonchev–Trinajstić information content (AvgIpc) is 2.38. The molecule has 0 aliphatic carbocycles. The molecule has 1 aromatic rings. The maximum atomic E-state index is 9.13. The third-order valence-corrected chi connectivity index (χ3v) is 3.34. The molecule has 1 saturated heterocycles. The zero-order chi connectivity index (χ0) is 12.3. The van der Waals surface area contributed by atoms with Crippen LogP contribution in [0.4, 0.5) is 5.69 Å². The SMILES string of the molecule is NCc1c(Cl)cccc1N1CCOC(CO)C1. The van der Waals surface area contributed by atoms with E-state index in [0.717, 1.165) is 17.8 Å². The summed E-state index contributed by atoms with van der Waals surface area (Å²) < 4.78 is 5.43. The zero-order valence-corrected chi connectivity index (χ0v) is 10.4. The molecule has 0 aromatic heterocycles. The summed E-state index contributed by atoms with van der Waals surface area (Å²) in [6, 6.07) is 5.77. The van der Waals surface area contributed by atoms with Crippen LogP contribution in [0.3, 0.4) is 0 Å². The van der Waals surface area contributed by atoms with Crippen molar-refractivity contribution in [1.82, 2.24) is 0 Å². The van der Waals surface area contributed by atoms with Gasteiger partial charge in [-0.3, -0.25) is 0 Å². The van der Waals surface area contributed by atoms with Crippen molar-refractivity contribution in [3.63, 3.8) is 0 Å². The van der Waals surface area contributed by atoms with Gasteiger partial charge in [0.2, 0.25) is 0 Å². The topological polar surface area (TPSA) is 58.7 Å². The lowest BCUT2D eigenvalue weighted by Crippen LogP contribution is -2.44. The Morgan fingerprint density at radius 1 is 1.53 bits per heavy atom. The highest BCUT2D eigenvalue weighted by molar-refractivity contribution is 6.31. The van der Waals surface area contributed by atoms with E-state index in [-0.39, 0.29) is 12.7 Å². The minimum absolute atomic E-state index is 0.0367. The molecule has 94 valence electrons. The highest BCUT2D eigenvalue weighted by Gasteiger charge is 2.22. The number of ether oxygens (including phenoxy) is 1. The minimum Gasteiger partial charge on any atom is -0.394 e. The first-order valence-electron chi connectivity index (χ1n) is 5.71. The molecule has 5 heteroatoms. The molecule has 1 aliphatic rings. The molecule has 1 atom stereocenters. The number of aliphatic hydroxyl groups is 1. The molecule has 1 heterocycles. The van der Waals surface area contributed by atoms with E-state index < -0.39 is 0 Å². The van der Waals surface area contributed by atoms with Gasteiger partial charge in [-0.1, -0.05) is 17.7 Å². The molecule has 4 nitrogen and oxygen atoms in total. The number of nitrogens with zero attached hydrogens (tertiary/aromatic N) is 1. The van der Waals surface area contributed by atoms with Crippen LogP contribution in [-0.2, 0) is 11.3 Å². The van der Waals surface area contributed by atoms with Gasteiger partial charge in [-0.05, 0) is 12.1 Å². The number of hydrogen-bond donors (Lipinski definition) is 2. The van der Waals surface area contributed by atoms with E-state index in [2.05, 4.69) is 4.90 Å². The van der Waals surface area contributed by atoms with Crippen LogP contribution in [0.25, 0.3) is 0 Å². The summed E-state index contributed by atoms with van der Waals surface area (Å²) >= 11 is 6.13. The number of hydrogen-bond acceptors (Lipinski definition) is 4. The highest BCUT2D eigenvalue weighted by atomic mass is 35.5. The normalized spacial score (nSPS) is 20.6. The van der Waals surface area contributed by atoms with Crippen LogP contribution in [-0.4, -0.2) is 37.5 Å². The molecule has 3 N–H and O–H groups in total. The summed E-state index contributed by atoms with van der Waals surface area (Å²) in [4.78, 5) is 2.17. The number of anilines is 1. The van der Waals surface area contributed by atoms with Crippen molar-refractivity contribution in [2.45, 2.75) is 12.6 Å². The Kier molecular flexibility index (Phi) is 4.23. The van der Waals surface area contributed by atoms with Gasteiger partial charge < -0.3 is 20.5 Å². The van der Waals surface area contributed by atoms with Gasteiger partial charge in [-0.15, -0.1) is 0 Å². The Hall–Kier alpha value is -0.810. The lowest BCUT2D eigenvalue weighted by molar-refractivity contribution is 0.00353. The third-order valence-electron chi connectivity index (χ3n) is 2.98. The quantitative estimate of drug-likeness (QED) is 0.847. The number of benzene rings is 1. The molecule has 1 unspecified atom stereocenters.